The van der Waals surface area contributed by atoms with E-state index in [4.69, 9.17) is 9.47 Å². The highest BCUT2D eigenvalue weighted by atomic mass is 16.6. The number of carbonyl (C=O) groups excluding carboxylic acids is 1. The van der Waals surface area contributed by atoms with Gasteiger partial charge in [0.2, 0.25) is 5.88 Å². The fraction of sp³-hybridized carbons (Fsp3) is 0.423. The lowest BCUT2D eigenvalue weighted by molar-refractivity contribution is 0.0405. The molecule has 0 saturated heterocycles. The summed E-state index contributed by atoms with van der Waals surface area (Å²) < 4.78 is 11.4. The van der Waals surface area contributed by atoms with Crippen LogP contribution in [0.1, 0.15) is 53.5 Å². The fourth-order valence-corrected chi connectivity index (χ4v) is 3.83. The molecule has 0 spiro atoms. The third-order valence-corrected chi connectivity index (χ3v) is 4.96. The van der Waals surface area contributed by atoms with Crippen LogP contribution in [0.4, 0.5) is 4.79 Å². The number of carbonyl (C=O) groups is 1. The van der Waals surface area contributed by atoms with Crippen LogP contribution < -0.4 is 10.1 Å². The van der Waals surface area contributed by atoms with Gasteiger partial charge in [-0.25, -0.2) is 9.78 Å². The molecule has 0 aliphatic heterocycles. The number of fused-ring (bicyclic) bond motifs is 1. The van der Waals surface area contributed by atoms with Crippen LogP contribution in [-0.2, 0) is 4.74 Å². The van der Waals surface area contributed by atoms with Crippen molar-refractivity contribution in [2.45, 2.75) is 59.1 Å². The van der Waals surface area contributed by atoms with Crippen LogP contribution in [0.25, 0.3) is 22.2 Å². The predicted octanol–water partition coefficient (Wildman–Crippen LogP) is 5.27. The van der Waals surface area contributed by atoms with Crippen molar-refractivity contribution in [3.8, 4) is 23.2 Å². The molecule has 3 aromatic heterocycles. The van der Waals surface area contributed by atoms with Gasteiger partial charge in [0.05, 0.1) is 16.7 Å². The van der Waals surface area contributed by atoms with E-state index < -0.39 is 17.2 Å². The molecule has 0 aromatic carbocycles. The first-order valence-corrected chi connectivity index (χ1v) is 11.2. The highest BCUT2D eigenvalue weighted by Gasteiger charge is 2.31. The second-order valence-corrected chi connectivity index (χ2v) is 9.99. The molecular formula is C26H31N5O3. The summed E-state index contributed by atoms with van der Waals surface area (Å²) in [7, 11) is 0. The molecule has 178 valence electrons. The topological polar surface area (TPSA) is 110 Å². The van der Waals surface area contributed by atoms with Crippen LogP contribution >= 0.6 is 0 Å². The van der Waals surface area contributed by atoms with Gasteiger partial charge < -0.3 is 14.8 Å². The van der Waals surface area contributed by atoms with E-state index in [1.165, 1.54) is 0 Å². The lowest BCUT2D eigenvalue weighted by Crippen LogP contribution is -2.52. The van der Waals surface area contributed by atoms with E-state index in [9.17, 15) is 10.1 Å². The number of nitrogens with one attached hydrogen (secondary N) is 1. The Bertz CT molecular complexity index is 1210. The highest BCUT2D eigenvalue weighted by Crippen LogP contribution is 2.28. The first-order chi connectivity index (χ1) is 16.0. The number of alkyl carbamates (subject to hydrolysis) is 1. The first-order valence-electron chi connectivity index (χ1n) is 11.2. The molecule has 0 unspecified atom stereocenters. The highest BCUT2D eigenvalue weighted by molar-refractivity contribution is 5.92. The lowest BCUT2D eigenvalue weighted by atomic mass is 9.91. The number of rotatable bonds is 7. The summed E-state index contributed by atoms with van der Waals surface area (Å²) in [5, 5.41) is 13.6. The number of nitriles is 1. The molecule has 8 nitrogen and oxygen atoms in total. The summed E-state index contributed by atoms with van der Waals surface area (Å²) in [6, 6.07) is 9.48. The molecule has 3 aromatic rings. The number of nitrogens with zero attached hydrogens (tertiary/aromatic N) is 4. The van der Waals surface area contributed by atoms with Gasteiger partial charge in [0, 0.05) is 29.5 Å². The van der Waals surface area contributed by atoms with Crippen molar-refractivity contribution in [1.29, 1.82) is 5.26 Å². The molecule has 34 heavy (non-hydrogen) atoms. The largest absolute Gasteiger partial charge is 0.474 e. The SMILES string of the molecule is CC(C)C[C@@](C)(COc1ncc(-c2nccc3ncccc23)cc1C#N)NC(=O)OC(C)(C)C. The van der Waals surface area contributed by atoms with E-state index in [0.717, 1.165) is 10.9 Å². The van der Waals surface area contributed by atoms with Gasteiger partial charge in [-0.2, -0.15) is 5.26 Å². The average molecular weight is 462 g/mol. The number of amides is 1. The minimum absolute atomic E-state index is 0.127. The van der Waals surface area contributed by atoms with Crippen LogP contribution in [0, 0.1) is 17.2 Å². The molecule has 0 aliphatic carbocycles. The molecule has 0 aliphatic rings. The van der Waals surface area contributed by atoms with Gasteiger partial charge in [-0.05, 0) is 64.3 Å². The van der Waals surface area contributed by atoms with E-state index >= 15 is 0 Å². The Kier molecular flexibility index (Phi) is 7.35. The van der Waals surface area contributed by atoms with Crippen molar-refractivity contribution in [2.75, 3.05) is 6.61 Å². The monoisotopic (exact) mass is 461 g/mol. The zero-order valence-electron chi connectivity index (χ0n) is 20.5. The molecule has 1 atom stereocenters. The molecule has 1 N–H and O–H groups in total. The quantitative estimate of drug-likeness (QED) is 0.510. The maximum absolute atomic E-state index is 12.4. The number of hydrogen-bond acceptors (Lipinski definition) is 7. The second kappa shape index (κ2) is 10.0. The second-order valence-electron chi connectivity index (χ2n) is 9.99. The zero-order valence-corrected chi connectivity index (χ0v) is 20.5. The van der Waals surface area contributed by atoms with Gasteiger partial charge in [0.15, 0.2) is 0 Å². The minimum atomic E-state index is -0.716. The van der Waals surface area contributed by atoms with E-state index in [1.807, 2.05) is 45.9 Å². The summed E-state index contributed by atoms with van der Waals surface area (Å²) >= 11 is 0. The van der Waals surface area contributed by atoms with Crippen molar-refractivity contribution in [3.63, 3.8) is 0 Å². The molecule has 0 fully saturated rings. The Labute approximate surface area is 200 Å². The van der Waals surface area contributed by atoms with Crippen LogP contribution in [-0.4, -0.2) is 38.8 Å². The zero-order chi connectivity index (χ0) is 24.9. The van der Waals surface area contributed by atoms with Crippen LogP contribution in [0.15, 0.2) is 42.9 Å². The van der Waals surface area contributed by atoms with Crippen LogP contribution in [0.2, 0.25) is 0 Å². The van der Waals surface area contributed by atoms with Crippen molar-refractivity contribution < 1.29 is 14.3 Å². The van der Waals surface area contributed by atoms with Crippen molar-refractivity contribution in [2.24, 2.45) is 5.92 Å². The molecule has 3 heterocycles. The predicted molar refractivity (Wildman–Crippen MR) is 130 cm³/mol. The minimum Gasteiger partial charge on any atom is -0.474 e. The van der Waals surface area contributed by atoms with Crippen LogP contribution in [0.5, 0.6) is 5.88 Å². The Balaban J connectivity index is 1.84. The molecule has 0 radical (unpaired) electrons. The lowest BCUT2D eigenvalue weighted by Gasteiger charge is -2.33. The standard InChI is InChI=1S/C26H31N5O3/c1-17(2)13-26(6,31-24(32)34-25(3,4)5)16-33-23-18(14-27)12-19(15-30-23)22-20-8-7-10-28-21(20)9-11-29-22/h7-12,15,17H,13,16H2,1-6H3,(H,31,32)/t26-/m0/s1. The normalized spacial score (nSPS) is 13.2. The molecule has 1 amide bonds. The summed E-state index contributed by atoms with van der Waals surface area (Å²) in [6.07, 6.45) is 5.17. The Morgan fingerprint density at radius 3 is 2.59 bits per heavy atom. The number of ether oxygens (including phenoxy) is 2. The van der Waals surface area contributed by atoms with Gasteiger partial charge in [-0.15, -0.1) is 0 Å². The van der Waals surface area contributed by atoms with E-state index in [0.29, 0.717) is 23.6 Å². The van der Waals surface area contributed by atoms with E-state index in [1.54, 1.807) is 24.7 Å². The Hall–Kier alpha value is -3.73. The van der Waals surface area contributed by atoms with Gasteiger partial charge in [-0.3, -0.25) is 9.97 Å². The number of pyridine rings is 3. The molecular weight excluding hydrogens is 430 g/mol. The fourth-order valence-electron chi connectivity index (χ4n) is 3.83. The molecule has 3 rings (SSSR count). The van der Waals surface area contributed by atoms with Crippen LogP contribution in [0.3, 0.4) is 0 Å². The molecule has 8 heteroatoms. The summed E-state index contributed by atoms with van der Waals surface area (Å²) in [4.78, 5) is 25.7. The van der Waals surface area contributed by atoms with E-state index in [2.05, 4.69) is 40.2 Å². The average Bonchev–Trinajstić information content (AvgIpc) is 2.75. The Morgan fingerprint density at radius 1 is 1.15 bits per heavy atom. The number of hydrogen-bond donors (Lipinski definition) is 1. The third-order valence-electron chi connectivity index (χ3n) is 4.96. The first kappa shape index (κ1) is 24.9. The summed E-state index contributed by atoms with van der Waals surface area (Å²) in [5.41, 5.74) is 1.15. The maximum Gasteiger partial charge on any atom is 0.408 e. The maximum atomic E-state index is 12.4. The van der Waals surface area contributed by atoms with Gasteiger partial charge in [-0.1, -0.05) is 13.8 Å². The summed E-state index contributed by atoms with van der Waals surface area (Å²) in [5.74, 6) is 0.492. The summed E-state index contributed by atoms with van der Waals surface area (Å²) in [6.45, 7) is 11.6. The van der Waals surface area contributed by atoms with Crippen molar-refractivity contribution in [1.82, 2.24) is 20.3 Å². The number of aromatic nitrogens is 3. The Morgan fingerprint density at radius 2 is 1.91 bits per heavy atom. The van der Waals surface area contributed by atoms with Gasteiger partial charge >= 0.3 is 6.09 Å². The third kappa shape index (κ3) is 6.41. The van der Waals surface area contributed by atoms with Gasteiger partial charge in [0.1, 0.15) is 23.8 Å². The van der Waals surface area contributed by atoms with Gasteiger partial charge in [0.25, 0.3) is 0 Å². The van der Waals surface area contributed by atoms with Crippen molar-refractivity contribution >= 4 is 17.0 Å². The molecule has 0 bridgehead atoms. The molecule has 0 saturated carbocycles. The smallest absolute Gasteiger partial charge is 0.408 e. The van der Waals surface area contributed by atoms with E-state index in [-0.39, 0.29) is 18.1 Å². The van der Waals surface area contributed by atoms with Crippen molar-refractivity contribution in [3.05, 3.63) is 48.4 Å².